The van der Waals surface area contributed by atoms with Gasteiger partial charge < -0.3 is 20.4 Å². The molecular formula is C19H19N3O3. The minimum Gasteiger partial charge on any atom is -0.497 e. The summed E-state index contributed by atoms with van der Waals surface area (Å²) in [6.07, 6.45) is 1.69. The molecule has 0 radical (unpaired) electrons. The van der Waals surface area contributed by atoms with E-state index < -0.39 is 0 Å². The second-order valence-corrected chi connectivity index (χ2v) is 5.49. The molecule has 0 atom stereocenters. The standard InChI is InChI=1S/C19H19N3O3/c1-25-14-6-4-5-13(11-14)18(23)20-9-10-21-19(24)16-12-22-17-8-3-2-7-15(16)17/h2-8,11-12,22H,9-10H2,1H3,(H,20,23)(H,21,24). The van der Waals surface area contributed by atoms with Crippen LogP contribution in [0.1, 0.15) is 20.7 Å². The van der Waals surface area contributed by atoms with Gasteiger partial charge in [-0.05, 0) is 24.3 Å². The Hall–Kier alpha value is -3.28. The van der Waals surface area contributed by atoms with Crippen LogP contribution < -0.4 is 15.4 Å². The molecule has 25 heavy (non-hydrogen) atoms. The lowest BCUT2D eigenvalue weighted by atomic mass is 10.1. The van der Waals surface area contributed by atoms with E-state index in [1.54, 1.807) is 37.6 Å². The van der Waals surface area contributed by atoms with Gasteiger partial charge in [-0.1, -0.05) is 24.3 Å². The van der Waals surface area contributed by atoms with Crippen molar-refractivity contribution in [3.63, 3.8) is 0 Å². The van der Waals surface area contributed by atoms with E-state index in [9.17, 15) is 9.59 Å². The van der Waals surface area contributed by atoms with Gasteiger partial charge in [0.2, 0.25) is 0 Å². The Morgan fingerprint density at radius 2 is 1.76 bits per heavy atom. The summed E-state index contributed by atoms with van der Waals surface area (Å²) in [7, 11) is 1.55. The molecule has 3 rings (SSSR count). The van der Waals surface area contributed by atoms with Crippen molar-refractivity contribution in [2.24, 2.45) is 0 Å². The molecule has 1 heterocycles. The molecule has 0 aliphatic rings. The van der Waals surface area contributed by atoms with Gasteiger partial charge in [-0.15, -0.1) is 0 Å². The number of hydrogen-bond acceptors (Lipinski definition) is 3. The second kappa shape index (κ2) is 7.53. The Morgan fingerprint density at radius 1 is 1.00 bits per heavy atom. The maximum atomic E-state index is 12.3. The van der Waals surface area contributed by atoms with Crippen LogP contribution in [-0.4, -0.2) is 37.0 Å². The SMILES string of the molecule is COc1cccc(C(=O)NCCNC(=O)c2c[nH]c3ccccc23)c1. The number of methoxy groups -OCH3 is 1. The van der Waals surface area contributed by atoms with Gasteiger partial charge in [-0.2, -0.15) is 0 Å². The van der Waals surface area contributed by atoms with Crippen molar-refractivity contribution in [2.45, 2.75) is 0 Å². The highest BCUT2D eigenvalue weighted by atomic mass is 16.5. The van der Waals surface area contributed by atoms with Crippen molar-refractivity contribution in [2.75, 3.05) is 20.2 Å². The van der Waals surface area contributed by atoms with Crippen molar-refractivity contribution in [3.05, 3.63) is 65.9 Å². The first kappa shape index (κ1) is 16.6. The number of carbonyl (C=O) groups is 2. The Balaban J connectivity index is 1.51. The first-order valence-electron chi connectivity index (χ1n) is 7.95. The molecule has 0 aliphatic carbocycles. The molecule has 0 spiro atoms. The largest absolute Gasteiger partial charge is 0.497 e. The predicted octanol–water partition coefficient (Wildman–Crippen LogP) is 2.34. The third kappa shape index (κ3) is 3.80. The van der Waals surface area contributed by atoms with Crippen molar-refractivity contribution >= 4 is 22.7 Å². The molecule has 2 amide bonds. The van der Waals surface area contributed by atoms with Crippen LogP contribution in [-0.2, 0) is 0 Å². The summed E-state index contributed by atoms with van der Waals surface area (Å²) in [5.74, 6) is 0.244. The molecule has 0 aliphatic heterocycles. The number of amides is 2. The number of hydrogen-bond donors (Lipinski definition) is 3. The normalized spacial score (nSPS) is 10.4. The van der Waals surface area contributed by atoms with E-state index in [4.69, 9.17) is 4.74 Å². The van der Waals surface area contributed by atoms with Crippen molar-refractivity contribution in [3.8, 4) is 5.75 Å². The van der Waals surface area contributed by atoms with E-state index in [0.29, 0.717) is 30.0 Å². The van der Waals surface area contributed by atoms with Crippen molar-refractivity contribution in [1.29, 1.82) is 0 Å². The lowest BCUT2D eigenvalue weighted by Crippen LogP contribution is -2.34. The van der Waals surface area contributed by atoms with Crippen LogP contribution in [0.4, 0.5) is 0 Å². The van der Waals surface area contributed by atoms with E-state index in [-0.39, 0.29) is 11.8 Å². The van der Waals surface area contributed by atoms with E-state index in [2.05, 4.69) is 15.6 Å². The monoisotopic (exact) mass is 337 g/mol. The smallest absolute Gasteiger partial charge is 0.253 e. The maximum Gasteiger partial charge on any atom is 0.253 e. The summed E-state index contributed by atoms with van der Waals surface area (Å²) < 4.78 is 5.10. The van der Waals surface area contributed by atoms with Crippen LogP contribution in [0.5, 0.6) is 5.75 Å². The zero-order valence-electron chi connectivity index (χ0n) is 13.8. The van der Waals surface area contributed by atoms with Crippen molar-refractivity contribution in [1.82, 2.24) is 15.6 Å². The second-order valence-electron chi connectivity index (χ2n) is 5.49. The zero-order chi connectivity index (χ0) is 17.6. The minimum atomic E-state index is -0.208. The number of fused-ring (bicyclic) bond motifs is 1. The molecule has 0 bridgehead atoms. The third-order valence-electron chi connectivity index (χ3n) is 3.86. The lowest BCUT2D eigenvalue weighted by molar-refractivity contribution is 0.0928. The molecule has 2 aromatic carbocycles. The molecule has 0 unspecified atom stereocenters. The third-order valence-corrected chi connectivity index (χ3v) is 3.86. The highest BCUT2D eigenvalue weighted by Crippen LogP contribution is 2.17. The maximum absolute atomic E-state index is 12.3. The number of ether oxygens (including phenoxy) is 1. The van der Waals surface area contributed by atoms with Gasteiger partial charge in [0.1, 0.15) is 5.75 Å². The van der Waals surface area contributed by atoms with Crippen molar-refractivity contribution < 1.29 is 14.3 Å². The average molecular weight is 337 g/mol. The molecule has 0 fully saturated rings. The Labute approximate surface area is 145 Å². The zero-order valence-corrected chi connectivity index (χ0v) is 13.8. The Bertz CT molecular complexity index is 902. The number of benzene rings is 2. The topological polar surface area (TPSA) is 83.2 Å². The predicted molar refractivity (Wildman–Crippen MR) is 96.0 cm³/mol. The first-order chi connectivity index (χ1) is 12.2. The van der Waals surface area contributed by atoms with Crippen LogP contribution >= 0.6 is 0 Å². The summed E-state index contributed by atoms with van der Waals surface area (Å²) in [4.78, 5) is 27.4. The summed E-state index contributed by atoms with van der Waals surface area (Å²) in [5.41, 5.74) is 2.02. The number of H-pyrrole nitrogens is 1. The van der Waals surface area contributed by atoms with Crippen LogP contribution in [0.2, 0.25) is 0 Å². The minimum absolute atomic E-state index is 0.173. The molecule has 6 heteroatoms. The highest BCUT2D eigenvalue weighted by molar-refractivity contribution is 6.06. The van der Waals surface area contributed by atoms with E-state index in [0.717, 1.165) is 10.9 Å². The van der Waals surface area contributed by atoms with E-state index >= 15 is 0 Å². The number of rotatable bonds is 6. The van der Waals surface area contributed by atoms with Gasteiger partial charge in [0, 0.05) is 35.8 Å². The van der Waals surface area contributed by atoms with Gasteiger partial charge >= 0.3 is 0 Å². The Kier molecular flexibility index (Phi) is 4.99. The molecule has 1 aromatic heterocycles. The molecule has 3 N–H and O–H groups in total. The summed E-state index contributed by atoms with van der Waals surface area (Å²) in [5, 5.41) is 6.45. The molecular weight excluding hydrogens is 318 g/mol. The number of para-hydroxylation sites is 1. The highest BCUT2D eigenvalue weighted by Gasteiger charge is 2.11. The first-order valence-corrected chi connectivity index (χ1v) is 7.95. The number of aromatic amines is 1. The van der Waals surface area contributed by atoms with Gasteiger partial charge in [0.25, 0.3) is 11.8 Å². The fourth-order valence-corrected chi connectivity index (χ4v) is 2.57. The molecule has 3 aromatic rings. The van der Waals surface area contributed by atoms with Gasteiger partial charge in [0.15, 0.2) is 0 Å². The van der Waals surface area contributed by atoms with Gasteiger partial charge in [-0.3, -0.25) is 9.59 Å². The average Bonchev–Trinajstić information content (AvgIpc) is 3.09. The quantitative estimate of drug-likeness (QED) is 0.604. The summed E-state index contributed by atoms with van der Waals surface area (Å²) >= 11 is 0. The number of carbonyl (C=O) groups excluding carboxylic acids is 2. The Morgan fingerprint density at radius 3 is 2.56 bits per heavy atom. The molecule has 6 nitrogen and oxygen atoms in total. The van der Waals surface area contributed by atoms with Gasteiger partial charge in [0.05, 0.1) is 12.7 Å². The fraction of sp³-hybridized carbons (Fsp3) is 0.158. The van der Waals surface area contributed by atoms with Gasteiger partial charge in [-0.25, -0.2) is 0 Å². The molecule has 128 valence electrons. The van der Waals surface area contributed by atoms with E-state index in [1.165, 1.54) is 0 Å². The van der Waals surface area contributed by atoms with Crippen LogP contribution in [0, 0.1) is 0 Å². The fourth-order valence-electron chi connectivity index (χ4n) is 2.57. The molecule has 0 saturated carbocycles. The lowest BCUT2D eigenvalue weighted by Gasteiger charge is -2.08. The van der Waals surface area contributed by atoms with Crippen LogP contribution in [0.3, 0.4) is 0 Å². The van der Waals surface area contributed by atoms with E-state index in [1.807, 2.05) is 24.3 Å². The number of aromatic nitrogens is 1. The molecule has 0 saturated heterocycles. The summed E-state index contributed by atoms with van der Waals surface area (Å²) in [6, 6.07) is 14.5. The summed E-state index contributed by atoms with van der Waals surface area (Å²) in [6.45, 7) is 0.679. The van der Waals surface area contributed by atoms with Crippen LogP contribution in [0.25, 0.3) is 10.9 Å². The number of nitrogens with one attached hydrogen (secondary N) is 3. The van der Waals surface area contributed by atoms with Crippen LogP contribution in [0.15, 0.2) is 54.7 Å².